The predicted molar refractivity (Wildman–Crippen MR) is 135 cm³/mol. The number of carbonyl (C=O) groups excluding carboxylic acids is 2. The van der Waals surface area contributed by atoms with Gasteiger partial charge in [0.1, 0.15) is 0 Å². The van der Waals surface area contributed by atoms with Gasteiger partial charge in [-0.2, -0.15) is 0 Å². The molecule has 9 nitrogen and oxygen atoms in total. The third kappa shape index (κ3) is 5.01. The first-order valence-electron chi connectivity index (χ1n) is 11.4. The van der Waals surface area contributed by atoms with Crippen molar-refractivity contribution in [2.45, 2.75) is 12.6 Å². The number of ketones is 1. The SMILES string of the molecule is O=C(CNc1ccc2c(c1)nc(NC(=O)c1ccno1)n2C[C@H](O)c1ccccc1)c1ccccc1. The van der Waals surface area contributed by atoms with E-state index < -0.39 is 12.0 Å². The lowest BCUT2D eigenvalue weighted by Crippen LogP contribution is -2.17. The highest BCUT2D eigenvalue weighted by Crippen LogP contribution is 2.27. The molecule has 5 rings (SSSR count). The minimum atomic E-state index is -0.828. The number of nitrogens with one attached hydrogen (secondary N) is 2. The molecule has 1 atom stereocenters. The number of rotatable bonds is 9. The van der Waals surface area contributed by atoms with Gasteiger partial charge in [-0.05, 0) is 23.8 Å². The normalized spacial score (nSPS) is 11.8. The van der Waals surface area contributed by atoms with Crippen LogP contribution in [-0.2, 0) is 6.54 Å². The van der Waals surface area contributed by atoms with E-state index in [2.05, 4.69) is 20.8 Å². The van der Waals surface area contributed by atoms with E-state index in [-0.39, 0.29) is 30.6 Å². The summed E-state index contributed by atoms with van der Waals surface area (Å²) in [5.74, 6) is -0.254. The first-order valence-corrected chi connectivity index (χ1v) is 11.4. The van der Waals surface area contributed by atoms with Crippen LogP contribution in [-0.4, -0.2) is 38.0 Å². The average Bonchev–Trinajstić information content (AvgIpc) is 3.57. The highest BCUT2D eigenvalue weighted by Gasteiger charge is 2.19. The van der Waals surface area contributed by atoms with Crippen molar-refractivity contribution in [3.63, 3.8) is 0 Å². The summed E-state index contributed by atoms with van der Waals surface area (Å²) in [6.07, 6.45) is 0.553. The molecule has 2 heterocycles. The molecule has 0 bridgehead atoms. The molecule has 0 aliphatic carbocycles. The molecule has 0 saturated carbocycles. The van der Waals surface area contributed by atoms with E-state index in [0.717, 1.165) is 5.56 Å². The number of nitrogens with zero attached hydrogens (tertiary/aromatic N) is 3. The molecular formula is C27H23N5O4. The number of hydrogen-bond acceptors (Lipinski definition) is 7. The molecule has 0 saturated heterocycles. The molecule has 5 aromatic rings. The van der Waals surface area contributed by atoms with Gasteiger partial charge in [0.25, 0.3) is 5.91 Å². The van der Waals surface area contributed by atoms with Gasteiger partial charge in [0, 0.05) is 17.3 Å². The van der Waals surface area contributed by atoms with Crippen molar-refractivity contribution in [3.05, 3.63) is 108 Å². The molecule has 3 aromatic carbocycles. The Balaban J connectivity index is 1.42. The number of aliphatic hydroxyl groups excluding tert-OH is 1. The number of aliphatic hydroxyl groups is 1. The second-order valence-corrected chi connectivity index (χ2v) is 8.15. The molecule has 0 aliphatic rings. The van der Waals surface area contributed by atoms with Crippen LogP contribution in [0.5, 0.6) is 0 Å². The second kappa shape index (κ2) is 10.2. The molecule has 0 aliphatic heterocycles. The number of benzene rings is 3. The van der Waals surface area contributed by atoms with Crippen LogP contribution in [0.15, 0.2) is 95.6 Å². The second-order valence-electron chi connectivity index (χ2n) is 8.15. The van der Waals surface area contributed by atoms with Crippen molar-refractivity contribution in [1.29, 1.82) is 0 Å². The van der Waals surface area contributed by atoms with E-state index in [1.165, 1.54) is 12.3 Å². The first kappa shape index (κ1) is 23.0. The summed E-state index contributed by atoms with van der Waals surface area (Å²) >= 11 is 0. The molecule has 2 aromatic heterocycles. The number of fused-ring (bicyclic) bond motifs is 1. The minimum Gasteiger partial charge on any atom is -0.387 e. The molecular weight excluding hydrogens is 458 g/mol. The van der Waals surface area contributed by atoms with Crippen molar-refractivity contribution in [1.82, 2.24) is 14.7 Å². The van der Waals surface area contributed by atoms with Crippen molar-refractivity contribution in [2.75, 3.05) is 17.2 Å². The van der Waals surface area contributed by atoms with Gasteiger partial charge in [-0.3, -0.25) is 14.9 Å². The summed E-state index contributed by atoms with van der Waals surface area (Å²) in [4.78, 5) is 29.7. The summed E-state index contributed by atoms with van der Waals surface area (Å²) < 4.78 is 6.69. The molecule has 1 amide bonds. The van der Waals surface area contributed by atoms with Gasteiger partial charge in [-0.25, -0.2) is 4.98 Å². The Kier molecular flexibility index (Phi) is 6.55. The molecule has 180 valence electrons. The van der Waals surface area contributed by atoms with Crippen LogP contribution in [0.25, 0.3) is 11.0 Å². The van der Waals surface area contributed by atoms with Crippen molar-refractivity contribution in [2.24, 2.45) is 0 Å². The average molecular weight is 482 g/mol. The molecule has 0 fully saturated rings. The number of anilines is 2. The maximum atomic E-state index is 12.6. The van der Waals surface area contributed by atoms with Crippen LogP contribution < -0.4 is 10.6 Å². The van der Waals surface area contributed by atoms with Gasteiger partial charge >= 0.3 is 0 Å². The van der Waals surface area contributed by atoms with Crippen LogP contribution >= 0.6 is 0 Å². The van der Waals surface area contributed by atoms with Crippen molar-refractivity contribution in [3.8, 4) is 0 Å². The molecule has 36 heavy (non-hydrogen) atoms. The van der Waals surface area contributed by atoms with Crippen LogP contribution in [0.1, 0.15) is 32.6 Å². The summed E-state index contributed by atoms with van der Waals surface area (Å²) in [6, 6.07) is 25.2. The topological polar surface area (TPSA) is 122 Å². The Morgan fingerprint density at radius 1 is 0.972 bits per heavy atom. The van der Waals surface area contributed by atoms with E-state index >= 15 is 0 Å². The summed E-state index contributed by atoms with van der Waals surface area (Å²) in [6.45, 7) is 0.282. The number of carbonyl (C=O) groups is 2. The summed E-state index contributed by atoms with van der Waals surface area (Å²) in [5, 5.41) is 20.3. The molecule has 0 radical (unpaired) electrons. The van der Waals surface area contributed by atoms with E-state index in [1.54, 1.807) is 22.8 Å². The van der Waals surface area contributed by atoms with Crippen LogP contribution in [0.2, 0.25) is 0 Å². The Hall–Kier alpha value is -4.76. The zero-order valence-corrected chi connectivity index (χ0v) is 19.2. The fourth-order valence-corrected chi connectivity index (χ4v) is 3.88. The van der Waals surface area contributed by atoms with Gasteiger partial charge in [0.05, 0.1) is 36.4 Å². The Bertz CT molecular complexity index is 1480. The number of aromatic nitrogens is 3. The van der Waals surface area contributed by atoms with Crippen LogP contribution in [0, 0.1) is 0 Å². The fraction of sp³-hybridized carbons (Fsp3) is 0.111. The Morgan fingerprint density at radius 2 is 1.72 bits per heavy atom. The van der Waals surface area contributed by atoms with Crippen LogP contribution in [0.3, 0.4) is 0 Å². The van der Waals surface area contributed by atoms with E-state index in [1.807, 2.05) is 60.7 Å². The van der Waals surface area contributed by atoms with Gasteiger partial charge in [0.15, 0.2) is 5.78 Å². The lowest BCUT2D eigenvalue weighted by molar-refractivity contribution is 0.0983. The highest BCUT2D eigenvalue weighted by molar-refractivity contribution is 6.02. The Morgan fingerprint density at radius 3 is 2.44 bits per heavy atom. The van der Waals surface area contributed by atoms with Gasteiger partial charge in [-0.1, -0.05) is 65.8 Å². The predicted octanol–water partition coefficient (Wildman–Crippen LogP) is 4.31. The lowest BCUT2D eigenvalue weighted by atomic mass is 10.1. The van der Waals surface area contributed by atoms with Gasteiger partial charge in [-0.15, -0.1) is 0 Å². The van der Waals surface area contributed by atoms with E-state index in [9.17, 15) is 14.7 Å². The molecule has 3 N–H and O–H groups in total. The largest absolute Gasteiger partial charge is 0.387 e. The smallest absolute Gasteiger partial charge is 0.296 e. The van der Waals surface area contributed by atoms with Gasteiger partial charge < -0.3 is 19.5 Å². The first-order chi connectivity index (χ1) is 17.6. The lowest BCUT2D eigenvalue weighted by Gasteiger charge is -2.15. The van der Waals surface area contributed by atoms with Crippen molar-refractivity contribution < 1.29 is 19.2 Å². The maximum Gasteiger partial charge on any atom is 0.296 e. The third-order valence-electron chi connectivity index (χ3n) is 5.72. The zero-order chi connectivity index (χ0) is 24.9. The third-order valence-corrected chi connectivity index (χ3v) is 5.72. The van der Waals surface area contributed by atoms with Gasteiger partial charge in [0.2, 0.25) is 11.7 Å². The maximum absolute atomic E-state index is 12.6. The minimum absolute atomic E-state index is 0.0350. The van der Waals surface area contributed by atoms with Crippen LogP contribution in [0.4, 0.5) is 11.6 Å². The monoisotopic (exact) mass is 481 g/mol. The standard InChI is InChI=1S/C27H23N5O4/c33-23(18-7-3-1-4-8-18)16-28-20-11-12-22-21(15-20)30-27(31-26(35)25-13-14-29-36-25)32(22)17-24(34)19-9-5-2-6-10-19/h1-15,24,28,34H,16-17H2,(H,30,31,35)/t24-/m0/s1. The number of imidazole rings is 1. The molecule has 0 spiro atoms. The molecule has 0 unspecified atom stereocenters. The summed E-state index contributed by atoms with van der Waals surface area (Å²) in [5.41, 5.74) is 3.36. The quantitative estimate of drug-likeness (QED) is 0.268. The van der Waals surface area contributed by atoms with E-state index in [0.29, 0.717) is 22.3 Å². The number of Topliss-reactive ketones (excluding diaryl/α,β-unsaturated/α-hetero) is 1. The fourth-order valence-electron chi connectivity index (χ4n) is 3.88. The molecule has 9 heteroatoms. The highest BCUT2D eigenvalue weighted by atomic mass is 16.5. The number of amides is 1. The van der Waals surface area contributed by atoms with Crippen molar-refractivity contribution >= 4 is 34.4 Å². The number of hydrogen-bond donors (Lipinski definition) is 3. The Labute approximate surface area is 206 Å². The summed E-state index contributed by atoms with van der Waals surface area (Å²) in [7, 11) is 0. The zero-order valence-electron chi connectivity index (χ0n) is 19.2. The van der Waals surface area contributed by atoms with E-state index in [4.69, 9.17) is 4.52 Å².